The molecule has 16 heavy (non-hydrogen) atoms. The number of nitrogens with zero attached hydrogens (tertiary/aromatic N) is 2. The molecule has 0 radical (unpaired) electrons. The van der Waals surface area contributed by atoms with Gasteiger partial charge in [-0.05, 0) is 19.9 Å². The molecule has 1 saturated carbocycles. The van der Waals surface area contributed by atoms with E-state index in [1.165, 1.54) is 0 Å². The summed E-state index contributed by atoms with van der Waals surface area (Å²) in [6.45, 7) is 9.05. The Morgan fingerprint density at radius 1 is 1.25 bits per heavy atom. The predicted molar refractivity (Wildman–Crippen MR) is 72.0 cm³/mol. The summed E-state index contributed by atoms with van der Waals surface area (Å²) in [6, 6.07) is 0. The average molecular weight is 354 g/mol. The summed E-state index contributed by atoms with van der Waals surface area (Å²) in [5.74, 6) is 0.289. The summed E-state index contributed by atoms with van der Waals surface area (Å²) in [7, 11) is 0. The third kappa shape index (κ3) is 2.06. The molecule has 2 rings (SSSR count). The number of alkyl halides is 2. The number of amides is 1. The number of hydrogen-bond acceptors (Lipinski definition) is 2. The fraction of sp³-hybridized carbons (Fsp3) is 0.909. The maximum absolute atomic E-state index is 12.3. The molecule has 0 N–H and O–H groups in total. The lowest BCUT2D eigenvalue weighted by molar-refractivity contribution is -0.138. The molecule has 0 bridgehead atoms. The van der Waals surface area contributed by atoms with Gasteiger partial charge in [0.2, 0.25) is 5.91 Å². The Kier molecular flexibility index (Phi) is 3.41. The molecule has 0 unspecified atom stereocenters. The van der Waals surface area contributed by atoms with Crippen molar-refractivity contribution in [3.05, 3.63) is 0 Å². The zero-order valence-electron chi connectivity index (χ0n) is 9.80. The Labute approximate surface area is 114 Å². The van der Waals surface area contributed by atoms with Crippen molar-refractivity contribution in [2.45, 2.75) is 23.5 Å². The first-order chi connectivity index (χ1) is 7.40. The minimum Gasteiger partial charge on any atom is -0.340 e. The van der Waals surface area contributed by atoms with Gasteiger partial charge in [-0.2, -0.15) is 0 Å². The Hall–Kier alpha value is 0.390. The quantitative estimate of drug-likeness (QED) is 0.709. The van der Waals surface area contributed by atoms with Crippen LogP contribution in [0.1, 0.15) is 20.3 Å². The molecule has 0 aromatic heterocycles. The lowest BCUT2D eigenvalue weighted by Gasteiger charge is -2.35. The normalized spacial score (nSPS) is 33.9. The fourth-order valence-electron chi connectivity index (χ4n) is 2.25. The molecule has 0 aromatic carbocycles. The van der Waals surface area contributed by atoms with Crippen molar-refractivity contribution >= 4 is 37.8 Å². The van der Waals surface area contributed by atoms with Gasteiger partial charge in [0.25, 0.3) is 0 Å². The third-order valence-electron chi connectivity index (χ3n) is 3.84. The second kappa shape index (κ2) is 4.25. The molecule has 2 aliphatic rings. The van der Waals surface area contributed by atoms with Crippen LogP contribution >= 0.6 is 31.9 Å². The van der Waals surface area contributed by atoms with E-state index in [0.29, 0.717) is 0 Å². The van der Waals surface area contributed by atoms with E-state index in [0.717, 1.165) is 39.1 Å². The maximum Gasteiger partial charge on any atom is 0.230 e. The van der Waals surface area contributed by atoms with Crippen LogP contribution in [0.5, 0.6) is 0 Å². The smallest absolute Gasteiger partial charge is 0.230 e. The van der Waals surface area contributed by atoms with Crippen LogP contribution in [0.2, 0.25) is 0 Å². The van der Waals surface area contributed by atoms with E-state index in [2.05, 4.69) is 43.7 Å². The standard InChI is InChI=1S/C11H18Br2N2O/c1-3-14-4-6-15(7-5-14)9(16)10(2)8-11(10,12)13/h3-8H2,1-2H3/t10-/m0/s1. The van der Waals surface area contributed by atoms with Crippen LogP contribution in [0.4, 0.5) is 0 Å². The van der Waals surface area contributed by atoms with E-state index in [-0.39, 0.29) is 14.6 Å². The molecule has 2 fully saturated rings. The number of carbonyl (C=O) groups is 1. The van der Waals surface area contributed by atoms with E-state index in [1.54, 1.807) is 0 Å². The minimum atomic E-state index is -0.249. The van der Waals surface area contributed by atoms with E-state index in [9.17, 15) is 4.79 Å². The molecule has 1 atom stereocenters. The molecule has 1 heterocycles. The van der Waals surface area contributed by atoms with Crippen molar-refractivity contribution in [2.24, 2.45) is 5.41 Å². The number of halogens is 2. The van der Waals surface area contributed by atoms with Crippen molar-refractivity contribution in [1.82, 2.24) is 9.80 Å². The number of rotatable bonds is 2. The Bertz CT molecular complexity index is 300. The summed E-state index contributed by atoms with van der Waals surface area (Å²) >= 11 is 7.12. The van der Waals surface area contributed by atoms with Gasteiger partial charge in [-0.3, -0.25) is 4.79 Å². The van der Waals surface area contributed by atoms with Gasteiger partial charge in [0.15, 0.2) is 0 Å². The van der Waals surface area contributed by atoms with Crippen LogP contribution < -0.4 is 0 Å². The van der Waals surface area contributed by atoms with Crippen LogP contribution in [0.3, 0.4) is 0 Å². The first-order valence-corrected chi connectivity index (χ1v) is 7.39. The summed E-state index contributed by atoms with van der Waals surface area (Å²) in [4.78, 5) is 16.7. The van der Waals surface area contributed by atoms with Gasteiger partial charge in [-0.1, -0.05) is 38.8 Å². The van der Waals surface area contributed by atoms with Crippen LogP contribution in [0, 0.1) is 5.41 Å². The van der Waals surface area contributed by atoms with E-state index in [1.807, 2.05) is 11.8 Å². The van der Waals surface area contributed by atoms with Crippen LogP contribution in [0.25, 0.3) is 0 Å². The summed E-state index contributed by atoms with van der Waals surface area (Å²) < 4.78 is -0.161. The second-order valence-electron chi connectivity index (χ2n) is 4.94. The lowest BCUT2D eigenvalue weighted by Crippen LogP contribution is -2.50. The molecule has 1 saturated heterocycles. The van der Waals surface area contributed by atoms with Crippen LogP contribution in [-0.4, -0.2) is 51.7 Å². The second-order valence-corrected chi connectivity index (χ2v) is 8.71. The summed E-state index contributed by atoms with van der Waals surface area (Å²) in [6.07, 6.45) is 0.882. The Morgan fingerprint density at radius 2 is 1.75 bits per heavy atom. The van der Waals surface area contributed by atoms with Crippen molar-refractivity contribution in [1.29, 1.82) is 0 Å². The SMILES string of the molecule is CCN1CCN(C(=O)[C@]2(C)CC2(Br)Br)CC1. The monoisotopic (exact) mass is 352 g/mol. The number of likely N-dealkylation sites (N-methyl/N-ethyl adjacent to an activating group) is 1. The molecule has 1 aliphatic heterocycles. The largest absolute Gasteiger partial charge is 0.340 e. The summed E-state index contributed by atoms with van der Waals surface area (Å²) in [5.41, 5.74) is -0.249. The fourth-order valence-corrected chi connectivity index (χ4v) is 3.71. The highest BCUT2D eigenvalue weighted by molar-refractivity contribution is 9.25. The molecule has 0 aromatic rings. The zero-order valence-corrected chi connectivity index (χ0v) is 13.0. The summed E-state index contributed by atoms with van der Waals surface area (Å²) in [5, 5.41) is 0. The van der Waals surface area contributed by atoms with Gasteiger partial charge in [-0.15, -0.1) is 0 Å². The van der Waals surface area contributed by atoms with Crippen LogP contribution in [0.15, 0.2) is 0 Å². The maximum atomic E-state index is 12.3. The lowest BCUT2D eigenvalue weighted by atomic mass is 10.1. The van der Waals surface area contributed by atoms with Gasteiger partial charge in [-0.25, -0.2) is 0 Å². The number of piperazine rings is 1. The van der Waals surface area contributed by atoms with E-state index in [4.69, 9.17) is 0 Å². The van der Waals surface area contributed by atoms with Crippen molar-refractivity contribution < 1.29 is 4.79 Å². The van der Waals surface area contributed by atoms with Gasteiger partial charge in [0.1, 0.15) is 0 Å². The third-order valence-corrected chi connectivity index (χ3v) is 6.15. The van der Waals surface area contributed by atoms with E-state index >= 15 is 0 Å². The Balaban J connectivity index is 1.93. The van der Waals surface area contributed by atoms with Crippen molar-refractivity contribution in [3.63, 3.8) is 0 Å². The molecule has 1 aliphatic carbocycles. The average Bonchev–Trinajstić information content (AvgIpc) is 2.79. The highest BCUT2D eigenvalue weighted by atomic mass is 79.9. The molecular formula is C11H18Br2N2O. The predicted octanol–water partition coefficient (Wildman–Crippen LogP) is 2.05. The Morgan fingerprint density at radius 3 is 2.12 bits per heavy atom. The molecule has 0 spiro atoms. The first-order valence-electron chi connectivity index (χ1n) is 5.80. The minimum absolute atomic E-state index is 0.161. The van der Waals surface area contributed by atoms with Gasteiger partial charge in [0, 0.05) is 26.2 Å². The number of carbonyl (C=O) groups excluding carboxylic acids is 1. The molecule has 3 nitrogen and oxygen atoms in total. The molecule has 92 valence electrons. The highest BCUT2D eigenvalue weighted by Crippen LogP contribution is 2.66. The van der Waals surface area contributed by atoms with Crippen molar-refractivity contribution in [2.75, 3.05) is 32.7 Å². The zero-order chi connectivity index (χ0) is 12.0. The number of hydrogen-bond donors (Lipinski definition) is 0. The molecule has 5 heteroatoms. The van der Waals surface area contributed by atoms with E-state index < -0.39 is 0 Å². The van der Waals surface area contributed by atoms with Gasteiger partial charge >= 0.3 is 0 Å². The highest BCUT2D eigenvalue weighted by Gasteiger charge is 2.67. The van der Waals surface area contributed by atoms with Gasteiger partial charge < -0.3 is 9.80 Å². The van der Waals surface area contributed by atoms with Gasteiger partial charge in [0.05, 0.1) is 8.65 Å². The molecular weight excluding hydrogens is 336 g/mol. The van der Waals surface area contributed by atoms with Crippen LogP contribution in [-0.2, 0) is 4.79 Å². The molecule has 1 amide bonds. The topological polar surface area (TPSA) is 23.6 Å². The first kappa shape index (κ1) is 12.8. The van der Waals surface area contributed by atoms with Crippen molar-refractivity contribution in [3.8, 4) is 0 Å².